The summed E-state index contributed by atoms with van der Waals surface area (Å²) in [5.74, 6) is -6.61. The smallest absolute Gasteiger partial charge is 0.326 e. The van der Waals surface area contributed by atoms with Crippen molar-refractivity contribution < 1.29 is 39.0 Å². The van der Waals surface area contributed by atoms with Crippen molar-refractivity contribution >= 4 is 35.6 Å². The predicted molar refractivity (Wildman–Crippen MR) is 98.0 cm³/mol. The minimum Gasteiger partial charge on any atom is -0.481 e. The fourth-order valence-corrected chi connectivity index (χ4v) is 2.23. The topological polar surface area (TPSA) is 231 Å². The molecule has 0 saturated heterocycles. The van der Waals surface area contributed by atoms with Gasteiger partial charge in [-0.2, -0.15) is 0 Å². The Balaban J connectivity index is 5.33. The van der Waals surface area contributed by atoms with Crippen molar-refractivity contribution in [1.29, 1.82) is 0 Å². The first kappa shape index (κ1) is 25.8. The normalized spacial score (nSPS) is 13.7. The van der Waals surface area contributed by atoms with Crippen LogP contribution in [0.4, 0.5) is 0 Å². The van der Waals surface area contributed by atoms with E-state index in [0.717, 1.165) is 0 Å². The fraction of sp³-hybridized carbons (Fsp3) is 0.625. The summed E-state index contributed by atoms with van der Waals surface area (Å²) in [5, 5.41) is 24.5. The van der Waals surface area contributed by atoms with Crippen molar-refractivity contribution in [1.82, 2.24) is 16.0 Å². The van der Waals surface area contributed by atoms with Gasteiger partial charge in [0.05, 0.1) is 13.0 Å². The summed E-state index contributed by atoms with van der Waals surface area (Å²) in [7, 11) is 0. The zero-order chi connectivity index (χ0) is 22.7. The van der Waals surface area contributed by atoms with E-state index in [1.165, 1.54) is 0 Å². The molecule has 0 radical (unpaired) electrons. The van der Waals surface area contributed by atoms with Gasteiger partial charge in [-0.1, -0.05) is 13.8 Å². The fourth-order valence-electron chi connectivity index (χ4n) is 2.23. The molecule has 0 aliphatic heterocycles. The number of nitrogens with one attached hydrogen (secondary N) is 3. The maximum absolute atomic E-state index is 12.5. The number of primary amides is 1. The lowest BCUT2D eigenvalue weighted by Gasteiger charge is -2.26. The van der Waals surface area contributed by atoms with E-state index in [-0.39, 0.29) is 12.8 Å². The van der Waals surface area contributed by atoms with Gasteiger partial charge in [0.15, 0.2) is 0 Å². The number of hydrogen-bond donors (Lipinski definition) is 7. The maximum atomic E-state index is 12.5. The molecule has 0 rings (SSSR count). The molecule has 3 unspecified atom stereocenters. The highest BCUT2D eigenvalue weighted by Gasteiger charge is 2.32. The van der Waals surface area contributed by atoms with Crippen molar-refractivity contribution in [3.8, 4) is 0 Å². The van der Waals surface area contributed by atoms with E-state index in [1.54, 1.807) is 13.8 Å². The van der Waals surface area contributed by atoms with Crippen LogP contribution in [-0.2, 0) is 28.8 Å². The SMILES string of the molecule is CC(C)C(NC(=O)C(CCC(N)=O)NC(=O)CN)C(=O)NC(CC(=O)O)C(=O)O. The number of aliphatic carboxylic acids is 2. The Morgan fingerprint density at radius 3 is 1.90 bits per heavy atom. The maximum Gasteiger partial charge on any atom is 0.326 e. The number of nitrogens with two attached hydrogens (primary N) is 2. The summed E-state index contributed by atoms with van der Waals surface area (Å²) < 4.78 is 0. The molecule has 0 aromatic heterocycles. The Morgan fingerprint density at radius 2 is 1.48 bits per heavy atom. The molecule has 3 atom stereocenters. The van der Waals surface area contributed by atoms with Crippen molar-refractivity contribution in [3.63, 3.8) is 0 Å². The highest BCUT2D eigenvalue weighted by molar-refractivity contribution is 5.94. The first-order chi connectivity index (χ1) is 13.4. The van der Waals surface area contributed by atoms with E-state index in [9.17, 15) is 28.8 Å². The third-order valence-corrected chi connectivity index (χ3v) is 3.76. The van der Waals surface area contributed by atoms with Gasteiger partial charge < -0.3 is 37.6 Å². The molecule has 0 saturated carbocycles. The van der Waals surface area contributed by atoms with Crippen molar-refractivity contribution in [3.05, 3.63) is 0 Å². The van der Waals surface area contributed by atoms with Gasteiger partial charge in [0.25, 0.3) is 0 Å². The molecule has 0 aliphatic rings. The van der Waals surface area contributed by atoms with Gasteiger partial charge in [0, 0.05) is 6.42 Å². The van der Waals surface area contributed by atoms with Gasteiger partial charge in [0.1, 0.15) is 18.1 Å². The Labute approximate surface area is 166 Å². The predicted octanol–water partition coefficient (Wildman–Crippen LogP) is -3.12. The third kappa shape index (κ3) is 10.0. The van der Waals surface area contributed by atoms with Crippen LogP contribution in [-0.4, -0.2) is 70.5 Å². The molecular formula is C16H27N5O8. The van der Waals surface area contributed by atoms with Gasteiger partial charge in [-0.25, -0.2) is 4.79 Å². The Bertz CT molecular complexity index is 651. The summed E-state index contributed by atoms with van der Waals surface area (Å²) in [6.45, 7) is 2.71. The van der Waals surface area contributed by atoms with E-state index in [4.69, 9.17) is 21.7 Å². The molecule has 0 aliphatic carbocycles. The van der Waals surface area contributed by atoms with Crippen LogP contribution in [0, 0.1) is 5.92 Å². The summed E-state index contributed by atoms with van der Waals surface area (Å²) in [5.41, 5.74) is 10.2. The molecule has 0 fully saturated rings. The minimum atomic E-state index is -1.69. The van der Waals surface area contributed by atoms with Crippen LogP contribution in [0.3, 0.4) is 0 Å². The molecule has 0 aromatic carbocycles. The highest BCUT2D eigenvalue weighted by Crippen LogP contribution is 2.06. The van der Waals surface area contributed by atoms with Gasteiger partial charge >= 0.3 is 11.9 Å². The number of carbonyl (C=O) groups excluding carboxylic acids is 4. The molecule has 164 valence electrons. The number of carboxylic acid groups (broad SMARTS) is 2. The van der Waals surface area contributed by atoms with E-state index in [2.05, 4.69) is 16.0 Å². The molecule has 13 nitrogen and oxygen atoms in total. The Morgan fingerprint density at radius 1 is 0.897 bits per heavy atom. The molecule has 0 heterocycles. The lowest BCUT2D eigenvalue weighted by molar-refractivity contribution is -0.147. The average molecular weight is 417 g/mol. The largest absolute Gasteiger partial charge is 0.481 e. The Kier molecular flexibility index (Phi) is 10.9. The van der Waals surface area contributed by atoms with Crippen molar-refractivity contribution in [2.75, 3.05) is 6.54 Å². The van der Waals surface area contributed by atoms with Crippen LogP contribution in [0.2, 0.25) is 0 Å². The molecule has 0 aromatic rings. The number of carboxylic acids is 2. The minimum absolute atomic E-state index is 0.143. The van der Waals surface area contributed by atoms with Crippen molar-refractivity contribution in [2.45, 2.75) is 51.2 Å². The summed E-state index contributed by atoms with van der Waals surface area (Å²) in [4.78, 5) is 69.3. The molecule has 0 bridgehead atoms. The number of amides is 4. The third-order valence-electron chi connectivity index (χ3n) is 3.76. The quantitative estimate of drug-likeness (QED) is 0.160. The standard InChI is InChI=1S/C16H27N5O8/c1-7(2)13(15(27)20-9(16(28)29)5-12(24)25)21-14(26)8(3-4-10(18)22)19-11(23)6-17/h7-9,13H,3-6,17H2,1-2H3,(H2,18,22)(H,19,23)(H,20,27)(H,21,26)(H,24,25)(H,28,29). The summed E-state index contributed by atoms with van der Waals surface area (Å²) >= 11 is 0. The van der Waals surface area contributed by atoms with E-state index >= 15 is 0 Å². The van der Waals surface area contributed by atoms with Gasteiger partial charge in [-0.05, 0) is 12.3 Å². The molecule has 0 spiro atoms. The second-order valence-corrected chi connectivity index (χ2v) is 6.56. The molecule has 13 heteroatoms. The number of rotatable bonds is 13. The lowest BCUT2D eigenvalue weighted by atomic mass is 10.0. The van der Waals surface area contributed by atoms with Crippen LogP contribution >= 0.6 is 0 Å². The van der Waals surface area contributed by atoms with Crippen LogP contribution in [0.25, 0.3) is 0 Å². The van der Waals surface area contributed by atoms with E-state index in [0.29, 0.717) is 0 Å². The zero-order valence-corrected chi connectivity index (χ0v) is 16.1. The Hall–Kier alpha value is -3.22. The van der Waals surface area contributed by atoms with Crippen LogP contribution in [0.15, 0.2) is 0 Å². The first-order valence-electron chi connectivity index (χ1n) is 8.72. The van der Waals surface area contributed by atoms with E-state index < -0.39 is 72.6 Å². The molecular weight excluding hydrogens is 390 g/mol. The highest BCUT2D eigenvalue weighted by atomic mass is 16.4. The van der Waals surface area contributed by atoms with Gasteiger partial charge in [-0.15, -0.1) is 0 Å². The summed E-state index contributed by atoms with van der Waals surface area (Å²) in [6.07, 6.45) is -1.22. The molecule has 9 N–H and O–H groups in total. The monoisotopic (exact) mass is 417 g/mol. The van der Waals surface area contributed by atoms with Crippen molar-refractivity contribution in [2.24, 2.45) is 17.4 Å². The zero-order valence-electron chi connectivity index (χ0n) is 16.1. The van der Waals surface area contributed by atoms with E-state index in [1.807, 2.05) is 0 Å². The second-order valence-electron chi connectivity index (χ2n) is 6.56. The van der Waals surface area contributed by atoms with Gasteiger partial charge in [-0.3, -0.25) is 24.0 Å². The number of carbonyl (C=O) groups is 6. The molecule has 29 heavy (non-hydrogen) atoms. The van der Waals surface area contributed by atoms with Crippen LogP contribution in [0.1, 0.15) is 33.1 Å². The van der Waals surface area contributed by atoms with Crippen LogP contribution < -0.4 is 27.4 Å². The molecule has 4 amide bonds. The van der Waals surface area contributed by atoms with Crippen LogP contribution in [0.5, 0.6) is 0 Å². The number of hydrogen-bond acceptors (Lipinski definition) is 7. The summed E-state index contributed by atoms with van der Waals surface area (Å²) in [6, 6.07) is -4.13. The first-order valence-corrected chi connectivity index (χ1v) is 8.72. The van der Waals surface area contributed by atoms with Gasteiger partial charge in [0.2, 0.25) is 23.6 Å². The average Bonchev–Trinajstić information content (AvgIpc) is 2.60. The second kappa shape index (κ2) is 12.3. The lowest BCUT2D eigenvalue weighted by Crippen LogP contribution is -2.58.